The fraction of sp³-hybridized carbons (Fsp3) is 0.208. The van der Waals surface area contributed by atoms with E-state index >= 15 is 0 Å². The number of nitrogens with one attached hydrogen (secondary N) is 1. The van der Waals surface area contributed by atoms with Gasteiger partial charge in [0.05, 0.1) is 12.7 Å². The number of esters is 1. The molecule has 1 amide bonds. The third-order valence-corrected chi connectivity index (χ3v) is 5.28. The van der Waals surface area contributed by atoms with Crippen molar-refractivity contribution in [1.82, 2.24) is 10.2 Å². The fourth-order valence-corrected chi connectivity index (χ4v) is 3.77. The Balaban J connectivity index is 1.74. The van der Waals surface area contributed by atoms with Crippen molar-refractivity contribution in [2.45, 2.75) is 20.3 Å². The minimum Gasteiger partial charge on any atom is -0.493 e. The smallest absolute Gasteiger partial charge is 0.343 e. The Morgan fingerprint density at radius 2 is 1.91 bits per heavy atom. The van der Waals surface area contributed by atoms with E-state index in [0.29, 0.717) is 16.6 Å². The molecule has 0 aliphatic carbocycles. The number of anilines is 1. The highest BCUT2D eigenvalue weighted by Crippen LogP contribution is 2.30. The zero-order valence-corrected chi connectivity index (χ0v) is 19.5. The van der Waals surface area contributed by atoms with Crippen molar-refractivity contribution in [2.24, 2.45) is 5.92 Å². The van der Waals surface area contributed by atoms with E-state index in [0.717, 1.165) is 23.6 Å². The largest absolute Gasteiger partial charge is 0.493 e. The molecular formula is C24H21FN4O4S. The van der Waals surface area contributed by atoms with Crippen molar-refractivity contribution in [2.75, 3.05) is 12.4 Å². The molecule has 1 aromatic heterocycles. The van der Waals surface area contributed by atoms with Crippen LogP contribution in [0.25, 0.3) is 6.08 Å². The van der Waals surface area contributed by atoms with Crippen molar-refractivity contribution >= 4 is 34.4 Å². The molecule has 0 atom stereocenters. The van der Waals surface area contributed by atoms with Crippen molar-refractivity contribution in [3.63, 3.8) is 0 Å². The van der Waals surface area contributed by atoms with Crippen LogP contribution in [0.1, 0.15) is 34.8 Å². The maximum absolute atomic E-state index is 13.1. The number of nitrogens with zero attached hydrogens (tertiary/aromatic N) is 3. The van der Waals surface area contributed by atoms with Gasteiger partial charge in [-0.05, 0) is 54.0 Å². The number of nitriles is 1. The summed E-state index contributed by atoms with van der Waals surface area (Å²) in [5, 5.41) is 21.1. The van der Waals surface area contributed by atoms with Crippen LogP contribution in [0.4, 0.5) is 9.52 Å². The van der Waals surface area contributed by atoms with Crippen molar-refractivity contribution in [1.29, 1.82) is 5.26 Å². The molecule has 3 aromatic rings. The van der Waals surface area contributed by atoms with Crippen LogP contribution in [0.5, 0.6) is 11.5 Å². The zero-order chi connectivity index (χ0) is 24.7. The van der Waals surface area contributed by atoms with Crippen LogP contribution in [0, 0.1) is 23.1 Å². The number of carbonyl (C=O) groups excluding carboxylic acids is 2. The van der Waals surface area contributed by atoms with Gasteiger partial charge in [-0.1, -0.05) is 31.3 Å². The van der Waals surface area contributed by atoms with E-state index in [9.17, 15) is 19.2 Å². The monoisotopic (exact) mass is 480 g/mol. The summed E-state index contributed by atoms with van der Waals surface area (Å²) in [5.41, 5.74) is 0.491. The van der Waals surface area contributed by atoms with Crippen LogP contribution in [0.3, 0.4) is 0 Å². The van der Waals surface area contributed by atoms with Crippen LogP contribution in [-0.2, 0) is 11.2 Å². The van der Waals surface area contributed by atoms with E-state index in [-0.39, 0.29) is 22.6 Å². The van der Waals surface area contributed by atoms with Crippen molar-refractivity contribution < 1.29 is 23.5 Å². The first-order chi connectivity index (χ1) is 16.3. The topological polar surface area (TPSA) is 114 Å². The van der Waals surface area contributed by atoms with Crippen LogP contribution in [0.2, 0.25) is 0 Å². The predicted octanol–water partition coefficient (Wildman–Crippen LogP) is 4.65. The third-order valence-electron chi connectivity index (χ3n) is 4.42. The summed E-state index contributed by atoms with van der Waals surface area (Å²) in [6.07, 6.45) is 2.12. The van der Waals surface area contributed by atoms with Gasteiger partial charge in [0.1, 0.15) is 22.5 Å². The first kappa shape index (κ1) is 24.5. The number of hydrogen-bond donors (Lipinski definition) is 1. The Labute approximate surface area is 199 Å². The summed E-state index contributed by atoms with van der Waals surface area (Å²) in [4.78, 5) is 24.8. The molecule has 0 aliphatic rings. The quantitative estimate of drug-likeness (QED) is 0.216. The number of benzene rings is 2. The highest BCUT2D eigenvalue weighted by molar-refractivity contribution is 7.15. The summed E-state index contributed by atoms with van der Waals surface area (Å²) in [7, 11) is 1.39. The molecule has 8 nitrogen and oxygen atoms in total. The van der Waals surface area contributed by atoms with Crippen LogP contribution in [0.15, 0.2) is 48.0 Å². The number of ether oxygens (including phenoxy) is 2. The molecule has 0 saturated carbocycles. The van der Waals surface area contributed by atoms with Gasteiger partial charge < -0.3 is 9.47 Å². The van der Waals surface area contributed by atoms with Crippen LogP contribution < -0.4 is 14.8 Å². The molecule has 0 fully saturated rings. The summed E-state index contributed by atoms with van der Waals surface area (Å²) >= 11 is 1.26. The lowest BCUT2D eigenvalue weighted by atomic mass is 10.1. The molecule has 1 N–H and O–H groups in total. The van der Waals surface area contributed by atoms with Gasteiger partial charge >= 0.3 is 5.97 Å². The Morgan fingerprint density at radius 1 is 1.18 bits per heavy atom. The third kappa shape index (κ3) is 6.46. The minimum atomic E-state index is -0.687. The van der Waals surface area contributed by atoms with Gasteiger partial charge in [0.25, 0.3) is 5.91 Å². The molecule has 0 spiro atoms. The van der Waals surface area contributed by atoms with Gasteiger partial charge in [0.15, 0.2) is 11.5 Å². The molecule has 0 unspecified atom stereocenters. The van der Waals surface area contributed by atoms with Crippen LogP contribution in [-0.4, -0.2) is 29.2 Å². The van der Waals surface area contributed by atoms with E-state index in [2.05, 4.69) is 29.4 Å². The van der Waals surface area contributed by atoms with Crippen molar-refractivity contribution in [3.8, 4) is 17.6 Å². The molecule has 0 aliphatic heterocycles. The number of carbonyl (C=O) groups is 2. The number of amides is 1. The van der Waals surface area contributed by atoms with E-state index in [1.165, 1.54) is 48.8 Å². The Hall–Kier alpha value is -4.10. The molecule has 3 rings (SSSR count). The molecule has 34 heavy (non-hydrogen) atoms. The number of halogens is 1. The molecule has 174 valence electrons. The second-order valence-corrected chi connectivity index (χ2v) is 8.59. The highest BCUT2D eigenvalue weighted by Gasteiger charge is 2.16. The van der Waals surface area contributed by atoms with Gasteiger partial charge in [0.2, 0.25) is 5.13 Å². The Bertz CT molecular complexity index is 1260. The van der Waals surface area contributed by atoms with Gasteiger partial charge in [-0.15, -0.1) is 10.2 Å². The van der Waals surface area contributed by atoms with Gasteiger partial charge in [0, 0.05) is 6.42 Å². The molecule has 0 radical (unpaired) electrons. The summed E-state index contributed by atoms with van der Waals surface area (Å²) in [6.45, 7) is 4.11. The zero-order valence-electron chi connectivity index (χ0n) is 18.7. The van der Waals surface area contributed by atoms with Gasteiger partial charge in [-0.25, -0.2) is 9.18 Å². The lowest BCUT2D eigenvalue weighted by Gasteiger charge is -2.10. The summed E-state index contributed by atoms with van der Waals surface area (Å²) in [6, 6.07) is 11.4. The SMILES string of the molecule is COc1cc(/C=C(/C#N)C(=O)Nc2nnc(CC(C)C)s2)ccc1OC(=O)c1ccc(F)cc1. The summed E-state index contributed by atoms with van der Waals surface area (Å²) in [5.74, 6) is -1.04. The standard InChI is InChI=1S/C24H21FN4O4S/c1-14(2)10-21-28-29-24(34-21)27-22(30)17(13-26)11-15-4-9-19(20(12-15)32-3)33-23(31)16-5-7-18(25)8-6-16/h4-9,11-12,14H,10H2,1-3H3,(H,27,29,30)/b17-11-. The lowest BCUT2D eigenvalue weighted by Crippen LogP contribution is -2.13. The van der Waals surface area contributed by atoms with Gasteiger partial charge in [-0.3, -0.25) is 10.1 Å². The lowest BCUT2D eigenvalue weighted by molar-refractivity contribution is -0.112. The number of rotatable bonds is 8. The van der Waals surface area contributed by atoms with Crippen molar-refractivity contribution in [3.05, 3.63) is 70.0 Å². The van der Waals surface area contributed by atoms with Crippen LogP contribution >= 0.6 is 11.3 Å². The van der Waals surface area contributed by atoms with E-state index < -0.39 is 17.7 Å². The van der Waals surface area contributed by atoms with E-state index in [4.69, 9.17) is 9.47 Å². The highest BCUT2D eigenvalue weighted by atomic mass is 32.1. The fourth-order valence-electron chi connectivity index (χ4n) is 2.82. The minimum absolute atomic E-state index is 0.128. The maximum atomic E-state index is 13.1. The van der Waals surface area contributed by atoms with Gasteiger partial charge in [-0.2, -0.15) is 5.26 Å². The molecule has 10 heteroatoms. The average Bonchev–Trinajstić information content (AvgIpc) is 3.24. The Morgan fingerprint density at radius 3 is 2.56 bits per heavy atom. The maximum Gasteiger partial charge on any atom is 0.343 e. The molecule has 0 saturated heterocycles. The molecule has 2 aromatic carbocycles. The number of hydrogen-bond acceptors (Lipinski definition) is 8. The van der Waals surface area contributed by atoms with E-state index in [1.807, 2.05) is 6.07 Å². The second kappa shape index (κ2) is 11.2. The Kier molecular flexibility index (Phi) is 8.05. The first-order valence-electron chi connectivity index (χ1n) is 10.2. The number of aromatic nitrogens is 2. The summed E-state index contributed by atoms with van der Waals surface area (Å²) < 4.78 is 23.7. The number of methoxy groups -OCH3 is 1. The van der Waals surface area contributed by atoms with E-state index in [1.54, 1.807) is 6.07 Å². The molecular weight excluding hydrogens is 459 g/mol. The molecule has 1 heterocycles. The average molecular weight is 481 g/mol. The normalized spacial score (nSPS) is 11.1. The molecule has 0 bridgehead atoms. The predicted molar refractivity (Wildman–Crippen MR) is 125 cm³/mol. The second-order valence-electron chi connectivity index (χ2n) is 7.53. The first-order valence-corrected chi connectivity index (χ1v) is 11.0.